The standard InChI is InChI=1S/C18H16FN3O2S/c1-9-5-6-12(11(19)8-9)20-16(23)15-10(2)14-17(25-15)21-13-4-3-7-22(13)18(14)24/h5-6,8H,3-4,7H2,1-2H3,(H,20,23). The van der Waals surface area contributed by atoms with Crippen LogP contribution in [0.5, 0.6) is 0 Å². The fourth-order valence-corrected chi connectivity index (χ4v) is 4.28. The fourth-order valence-electron chi connectivity index (χ4n) is 3.19. The van der Waals surface area contributed by atoms with Crippen LogP contribution in [0.1, 0.15) is 33.0 Å². The molecular weight excluding hydrogens is 341 g/mol. The van der Waals surface area contributed by atoms with E-state index in [2.05, 4.69) is 10.3 Å². The molecule has 0 unspecified atom stereocenters. The third-order valence-corrected chi connectivity index (χ3v) is 5.67. The second-order valence-electron chi connectivity index (χ2n) is 6.26. The Hall–Kier alpha value is -2.54. The van der Waals surface area contributed by atoms with Crippen LogP contribution in [0.2, 0.25) is 0 Å². The smallest absolute Gasteiger partial charge is 0.266 e. The summed E-state index contributed by atoms with van der Waals surface area (Å²) < 4.78 is 15.7. The van der Waals surface area contributed by atoms with E-state index >= 15 is 0 Å². The predicted octanol–water partition coefficient (Wildman–Crippen LogP) is 3.41. The van der Waals surface area contributed by atoms with Crippen molar-refractivity contribution in [2.75, 3.05) is 5.32 Å². The molecule has 1 aliphatic heterocycles. The summed E-state index contributed by atoms with van der Waals surface area (Å²) in [5, 5.41) is 3.08. The summed E-state index contributed by atoms with van der Waals surface area (Å²) in [5.74, 6) is -0.132. The van der Waals surface area contributed by atoms with Crippen LogP contribution in [0.4, 0.5) is 10.1 Å². The zero-order valence-electron chi connectivity index (χ0n) is 13.9. The molecule has 1 N–H and O–H groups in total. The van der Waals surface area contributed by atoms with E-state index in [0.717, 1.165) is 24.2 Å². The first-order chi connectivity index (χ1) is 12.0. The number of benzene rings is 1. The lowest BCUT2D eigenvalue weighted by atomic mass is 10.2. The minimum atomic E-state index is -0.482. The largest absolute Gasteiger partial charge is 0.319 e. The summed E-state index contributed by atoms with van der Waals surface area (Å²) >= 11 is 1.18. The maximum atomic E-state index is 14.0. The van der Waals surface area contributed by atoms with E-state index in [1.165, 1.54) is 23.5 Å². The summed E-state index contributed by atoms with van der Waals surface area (Å²) in [7, 11) is 0. The summed E-state index contributed by atoms with van der Waals surface area (Å²) in [4.78, 5) is 30.8. The molecule has 4 rings (SSSR count). The Bertz CT molecular complexity index is 1080. The highest BCUT2D eigenvalue weighted by Gasteiger charge is 2.23. The first kappa shape index (κ1) is 16.0. The number of fused-ring (bicyclic) bond motifs is 2. The Kier molecular flexibility index (Phi) is 3.68. The molecule has 0 bridgehead atoms. The zero-order valence-corrected chi connectivity index (χ0v) is 14.7. The minimum Gasteiger partial charge on any atom is -0.319 e. The predicted molar refractivity (Wildman–Crippen MR) is 96.0 cm³/mol. The number of amides is 1. The van der Waals surface area contributed by atoms with Crippen molar-refractivity contribution in [3.05, 3.63) is 56.2 Å². The number of nitrogens with zero attached hydrogens (tertiary/aromatic N) is 2. The van der Waals surface area contributed by atoms with Crippen molar-refractivity contribution >= 4 is 33.1 Å². The van der Waals surface area contributed by atoms with Gasteiger partial charge in [-0.25, -0.2) is 9.37 Å². The molecule has 0 spiro atoms. The highest BCUT2D eigenvalue weighted by molar-refractivity contribution is 7.20. The number of carbonyl (C=O) groups excluding carboxylic acids is 1. The first-order valence-electron chi connectivity index (χ1n) is 8.06. The summed E-state index contributed by atoms with van der Waals surface area (Å²) in [5.41, 5.74) is 1.41. The number of hydrogen-bond donors (Lipinski definition) is 1. The molecular formula is C18H16FN3O2S. The number of aryl methyl sites for hydroxylation is 3. The number of thiophene rings is 1. The molecule has 1 aliphatic rings. The Morgan fingerprint density at radius 1 is 1.36 bits per heavy atom. The van der Waals surface area contributed by atoms with Gasteiger partial charge in [0.05, 0.1) is 16.0 Å². The number of halogens is 1. The topological polar surface area (TPSA) is 64.0 Å². The molecule has 1 aromatic carbocycles. The van der Waals surface area contributed by atoms with Gasteiger partial charge in [-0.15, -0.1) is 11.3 Å². The second-order valence-corrected chi connectivity index (χ2v) is 7.26. The third-order valence-electron chi connectivity index (χ3n) is 4.49. The zero-order chi connectivity index (χ0) is 17.7. The maximum absolute atomic E-state index is 14.0. The van der Waals surface area contributed by atoms with Crippen molar-refractivity contribution < 1.29 is 9.18 Å². The number of hydrogen-bond acceptors (Lipinski definition) is 4. The molecule has 3 aromatic rings. The van der Waals surface area contributed by atoms with Gasteiger partial charge in [-0.1, -0.05) is 6.07 Å². The van der Waals surface area contributed by atoms with Crippen LogP contribution in [0.25, 0.3) is 10.2 Å². The molecule has 0 radical (unpaired) electrons. The highest BCUT2D eigenvalue weighted by Crippen LogP contribution is 2.29. The fraction of sp³-hybridized carbons (Fsp3) is 0.278. The van der Waals surface area contributed by atoms with Crippen LogP contribution in [0.15, 0.2) is 23.0 Å². The van der Waals surface area contributed by atoms with E-state index in [-0.39, 0.29) is 11.2 Å². The van der Waals surface area contributed by atoms with Crippen molar-refractivity contribution in [1.29, 1.82) is 0 Å². The van der Waals surface area contributed by atoms with Gasteiger partial charge in [0, 0.05) is 13.0 Å². The van der Waals surface area contributed by atoms with Gasteiger partial charge in [0.1, 0.15) is 16.5 Å². The Morgan fingerprint density at radius 3 is 2.92 bits per heavy atom. The van der Waals surface area contributed by atoms with Gasteiger partial charge in [0.25, 0.3) is 11.5 Å². The van der Waals surface area contributed by atoms with E-state index in [9.17, 15) is 14.0 Å². The molecule has 2 aromatic heterocycles. The van der Waals surface area contributed by atoms with Gasteiger partial charge in [-0.05, 0) is 43.5 Å². The van der Waals surface area contributed by atoms with Crippen LogP contribution in [-0.2, 0) is 13.0 Å². The molecule has 1 amide bonds. The average molecular weight is 357 g/mol. The second kappa shape index (κ2) is 5.77. The minimum absolute atomic E-state index is 0.0909. The third kappa shape index (κ3) is 2.55. The van der Waals surface area contributed by atoms with E-state index < -0.39 is 11.7 Å². The van der Waals surface area contributed by atoms with Gasteiger partial charge >= 0.3 is 0 Å². The Balaban J connectivity index is 1.77. The van der Waals surface area contributed by atoms with Gasteiger partial charge in [0.15, 0.2) is 0 Å². The van der Waals surface area contributed by atoms with Crippen LogP contribution < -0.4 is 10.9 Å². The van der Waals surface area contributed by atoms with Crippen LogP contribution in [0, 0.1) is 19.7 Å². The normalized spacial score (nSPS) is 13.2. The Morgan fingerprint density at radius 2 is 2.16 bits per heavy atom. The summed E-state index contributed by atoms with van der Waals surface area (Å²) in [6.07, 6.45) is 1.69. The summed E-state index contributed by atoms with van der Waals surface area (Å²) in [6, 6.07) is 4.63. The van der Waals surface area contributed by atoms with Crippen LogP contribution in [0.3, 0.4) is 0 Å². The monoisotopic (exact) mass is 357 g/mol. The number of anilines is 1. The van der Waals surface area contributed by atoms with Gasteiger partial charge in [-0.3, -0.25) is 14.2 Å². The lowest BCUT2D eigenvalue weighted by Crippen LogP contribution is -2.20. The molecule has 25 heavy (non-hydrogen) atoms. The van der Waals surface area contributed by atoms with Gasteiger partial charge in [-0.2, -0.15) is 0 Å². The van der Waals surface area contributed by atoms with Crippen molar-refractivity contribution in [2.24, 2.45) is 0 Å². The van der Waals surface area contributed by atoms with Crippen molar-refractivity contribution in [1.82, 2.24) is 9.55 Å². The molecule has 0 saturated carbocycles. The molecule has 5 nitrogen and oxygen atoms in total. The van der Waals surface area contributed by atoms with E-state index in [1.54, 1.807) is 24.5 Å². The molecule has 7 heteroatoms. The first-order valence-corrected chi connectivity index (χ1v) is 8.87. The van der Waals surface area contributed by atoms with Crippen molar-refractivity contribution in [2.45, 2.75) is 33.2 Å². The van der Waals surface area contributed by atoms with Gasteiger partial charge in [0.2, 0.25) is 0 Å². The molecule has 0 aliphatic carbocycles. The average Bonchev–Trinajstić information content (AvgIpc) is 3.15. The highest BCUT2D eigenvalue weighted by atomic mass is 32.1. The molecule has 0 saturated heterocycles. The van der Waals surface area contributed by atoms with E-state index in [0.29, 0.717) is 27.2 Å². The lowest BCUT2D eigenvalue weighted by molar-refractivity contribution is 0.102. The number of carbonyl (C=O) groups is 1. The van der Waals surface area contributed by atoms with Crippen LogP contribution >= 0.6 is 11.3 Å². The van der Waals surface area contributed by atoms with E-state index in [4.69, 9.17) is 0 Å². The molecule has 0 fully saturated rings. The van der Waals surface area contributed by atoms with Gasteiger partial charge < -0.3 is 5.32 Å². The summed E-state index contributed by atoms with van der Waals surface area (Å²) in [6.45, 7) is 4.19. The number of rotatable bonds is 2. The quantitative estimate of drug-likeness (QED) is 0.764. The van der Waals surface area contributed by atoms with Crippen molar-refractivity contribution in [3.63, 3.8) is 0 Å². The van der Waals surface area contributed by atoms with E-state index in [1.807, 2.05) is 0 Å². The lowest BCUT2D eigenvalue weighted by Gasteiger charge is -2.06. The SMILES string of the molecule is Cc1ccc(NC(=O)c2sc3nc4n(c(=O)c3c2C)CCC4)c(F)c1. The maximum Gasteiger partial charge on any atom is 0.266 e. The van der Waals surface area contributed by atoms with Crippen LogP contribution in [-0.4, -0.2) is 15.5 Å². The number of nitrogens with one attached hydrogen (secondary N) is 1. The van der Waals surface area contributed by atoms with Crippen molar-refractivity contribution in [3.8, 4) is 0 Å². The number of aromatic nitrogens is 2. The molecule has 128 valence electrons. The Labute approximate surface area is 147 Å². The molecule has 0 atom stereocenters. The molecule has 3 heterocycles.